The van der Waals surface area contributed by atoms with E-state index in [4.69, 9.17) is 0 Å². The molecule has 1 aliphatic rings. The van der Waals surface area contributed by atoms with Gasteiger partial charge in [-0.25, -0.2) is 8.78 Å². The first kappa shape index (κ1) is 16.5. The quantitative estimate of drug-likeness (QED) is 0.534. The van der Waals surface area contributed by atoms with Crippen molar-refractivity contribution < 1.29 is 18.4 Å². The second kappa shape index (κ2) is 6.38. The topological polar surface area (TPSA) is 50.3 Å². The zero-order chi connectivity index (χ0) is 18.3. The predicted octanol–water partition coefficient (Wildman–Crippen LogP) is 3.34. The Labute approximate surface area is 148 Å². The maximum atomic E-state index is 14.9. The second-order valence-electron chi connectivity index (χ2n) is 6.25. The van der Waals surface area contributed by atoms with Crippen molar-refractivity contribution >= 4 is 23.0 Å². The molecule has 0 bridgehead atoms. The van der Waals surface area contributed by atoms with E-state index < -0.39 is 23.5 Å². The van der Waals surface area contributed by atoms with Gasteiger partial charge in [-0.2, -0.15) is 0 Å². The maximum Gasteiger partial charge on any atom is 0.216 e. The van der Waals surface area contributed by atoms with Crippen LogP contribution >= 0.6 is 0 Å². The van der Waals surface area contributed by atoms with Crippen LogP contribution in [0.1, 0.15) is 22.7 Å². The van der Waals surface area contributed by atoms with E-state index in [1.165, 1.54) is 18.3 Å². The smallest absolute Gasteiger partial charge is 0.216 e. The van der Waals surface area contributed by atoms with Crippen LogP contribution in [0.3, 0.4) is 0 Å². The summed E-state index contributed by atoms with van der Waals surface area (Å²) in [5, 5.41) is 0.221. The number of nitrogens with zero attached hydrogens (tertiary/aromatic N) is 2. The summed E-state index contributed by atoms with van der Waals surface area (Å²) in [7, 11) is 0. The third-order valence-electron chi connectivity index (χ3n) is 4.73. The van der Waals surface area contributed by atoms with Crippen molar-refractivity contribution in [2.24, 2.45) is 0 Å². The lowest BCUT2D eigenvalue weighted by Gasteiger charge is -2.23. The van der Waals surface area contributed by atoms with E-state index in [1.54, 1.807) is 23.1 Å². The molecule has 0 saturated heterocycles. The minimum absolute atomic E-state index is 0.124. The molecule has 4 rings (SSSR count). The Morgan fingerprint density at radius 1 is 1.23 bits per heavy atom. The van der Waals surface area contributed by atoms with Crippen molar-refractivity contribution in [1.82, 2.24) is 9.88 Å². The minimum atomic E-state index is -0.827. The van der Waals surface area contributed by atoms with E-state index >= 15 is 0 Å². The Morgan fingerprint density at radius 3 is 2.85 bits per heavy atom. The zero-order valence-corrected chi connectivity index (χ0v) is 13.7. The van der Waals surface area contributed by atoms with Crippen molar-refractivity contribution in [2.45, 2.75) is 19.1 Å². The molecule has 6 heteroatoms. The van der Waals surface area contributed by atoms with Crippen molar-refractivity contribution in [3.05, 3.63) is 77.0 Å². The van der Waals surface area contributed by atoms with Crippen LogP contribution in [-0.2, 0) is 22.7 Å². The van der Waals surface area contributed by atoms with Gasteiger partial charge in [0.1, 0.15) is 17.7 Å². The largest absolute Gasteiger partial charge is 0.295 e. The first-order valence-corrected chi connectivity index (χ1v) is 8.12. The highest BCUT2D eigenvalue weighted by Gasteiger charge is 2.35. The number of Topliss-reactive ketones (excluding diaryl/α,β-unsaturated/α-hetero) is 1. The van der Waals surface area contributed by atoms with Crippen LogP contribution in [0.4, 0.5) is 8.78 Å². The molecule has 1 aliphatic heterocycles. The molecule has 2 heterocycles. The average molecular weight is 352 g/mol. The number of hydrogen-bond acceptors (Lipinski definition) is 4. The van der Waals surface area contributed by atoms with E-state index in [9.17, 15) is 18.4 Å². The number of ketones is 1. The van der Waals surface area contributed by atoms with E-state index in [1.807, 2.05) is 12.1 Å². The number of carbonyl (C=O) groups is 2. The SMILES string of the molecule is O=CC(=O)C1c2ccccc2CN1Cc1c(F)cc2ncccc2c1F. The van der Waals surface area contributed by atoms with Crippen LogP contribution in [0.15, 0.2) is 48.7 Å². The fraction of sp³-hybridized carbons (Fsp3) is 0.150. The van der Waals surface area contributed by atoms with E-state index in [0.29, 0.717) is 12.1 Å². The first-order valence-electron chi connectivity index (χ1n) is 8.12. The van der Waals surface area contributed by atoms with Gasteiger partial charge in [0, 0.05) is 36.3 Å². The van der Waals surface area contributed by atoms with Crippen molar-refractivity contribution in [3.63, 3.8) is 0 Å². The highest BCUT2D eigenvalue weighted by Crippen LogP contribution is 2.36. The molecule has 0 aliphatic carbocycles. The number of carbonyl (C=O) groups excluding carboxylic acids is 2. The molecule has 0 amide bonds. The molecule has 0 radical (unpaired) electrons. The predicted molar refractivity (Wildman–Crippen MR) is 91.2 cm³/mol. The first-order chi connectivity index (χ1) is 12.6. The maximum absolute atomic E-state index is 14.9. The number of hydrogen-bond donors (Lipinski definition) is 0. The molecule has 1 unspecified atom stereocenters. The molecule has 0 saturated carbocycles. The number of fused-ring (bicyclic) bond motifs is 2. The summed E-state index contributed by atoms with van der Waals surface area (Å²) in [5.74, 6) is -2.04. The molecule has 4 nitrogen and oxygen atoms in total. The summed E-state index contributed by atoms with van der Waals surface area (Å²) in [4.78, 5) is 28.8. The lowest BCUT2D eigenvalue weighted by atomic mass is 10.0. The Kier molecular flexibility index (Phi) is 4.05. The van der Waals surface area contributed by atoms with E-state index in [0.717, 1.165) is 5.56 Å². The monoisotopic (exact) mass is 352 g/mol. The summed E-state index contributed by atoms with van der Waals surface area (Å²) in [5.41, 5.74) is 1.67. The normalized spacial score (nSPS) is 16.6. The Balaban J connectivity index is 1.76. The molecule has 0 spiro atoms. The molecule has 26 heavy (non-hydrogen) atoms. The Hall–Kier alpha value is -2.99. The van der Waals surface area contributed by atoms with Gasteiger partial charge in [-0.1, -0.05) is 24.3 Å². The van der Waals surface area contributed by atoms with Crippen molar-refractivity contribution in [3.8, 4) is 0 Å². The molecule has 1 aromatic heterocycles. The van der Waals surface area contributed by atoms with Crippen molar-refractivity contribution in [2.75, 3.05) is 0 Å². The third-order valence-corrected chi connectivity index (χ3v) is 4.73. The van der Waals surface area contributed by atoms with Crippen LogP contribution in [-0.4, -0.2) is 22.0 Å². The van der Waals surface area contributed by atoms with E-state index in [-0.39, 0.29) is 29.3 Å². The third kappa shape index (κ3) is 2.59. The summed E-state index contributed by atoms with van der Waals surface area (Å²) < 4.78 is 29.4. The molecule has 1 atom stereocenters. The van der Waals surface area contributed by atoms with Crippen LogP contribution in [0.25, 0.3) is 10.9 Å². The van der Waals surface area contributed by atoms with Gasteiger partial charge >= 0.3 is 0 Å². The molecule has 0 N–H and O–H groups in total. The number of rotatable bonds is 4. The zero-order valence-electron chi connectivity index (χ0n) is 13.7. The van der Waals surface area contributed by atoms with Gasteiger partial charge in [0.05, 0.1) is 5.52 Å². The lowest BCUT2D eigenvalue weighted by molar-refractivity contribution is -0.133. The Bertz CT molecular complexity index is 1040. The van der Waals surface area contributed by atoms with Crippen LogP contribution < -0.4 is 0 Å². The van der Waals surface area contributed by atoms with Gasteiger partial charge in [0.15, 0.2) is 6.29 Å². The lowest BCUT2D eigenvalue weighted by Crippen LogP contribution is -2.29. The van der Waals surface area contributed by atoms with Crippen LogP contribution in [0.5, 0.6) is 0 Å². The van der Waals surface area contributed by atoms with Crippen LogP contribution in [0.2, 0.25) is 0 Å². The van der Waals surface area contributed by atoms with Gasteiger partial charge in [0.2, 0.25) is 5.78 Å². The van der Waals surface area contributed by atoms with Gasteiger partial charge in [-0.05, 0) is 23.3 Å². The summed E-state index contributed by atoms with van der Waals surface area (Å²) in [6.45, 7) is 0.214. The van der Waals surface area contributed by atoms with Gasteiger partial charge < -0.3 is 0 Å². The fourth-order valence-corrected chi connectivity index (χ4v) is 3.54. The van der Waals surface area contributed by atoms with Gasteiger partial charge in [-0.3, -0.25) is 19.5 Å². The number of benzene rings is 2. The van der Waals surface area contributed by atoms with Gasteiger partial charge in [0.25, 0.3) is 0 Å². The number of aromatic nitrogens is 1. The molecule has 2 aromatic carbocycles. The standard InChI is InChI=1S/C20H14F2N2O2/c21-16-8-17-14(6-3-7-23-17)19(22)15(16)10-24-9-12-4-1-2-5-13(12)20(24)18(26)11-25/h1-8,11,20H,9-10H2. The number of pyridine rings is 1. The highest BCUT2D eigenvalue weighted by atomic mass is 19.1. The van der Waals surface area contributed by atoms with E-state index in [2.05, 4.69) is 4.98 Å². The fourth-order valence-electron chi connectivity index (χ4n) is 3.54. The summed E-state index contributed by atoms with van der Waals surface area (Å²) in [6.07, 6.45) is 1.73. The Morgan fingerprint density at radius 2 is 2.04 bits per heavy atom. The number of halogens is 2. The van der Waals surface area contributed by atoms with Crippen LogP contribution in [0, 0.1) is 11.6 Å². The van der Waals surface area contributed by atoms with Gasteiger partial charge in [-0.15, -0.1) is 0 Å². The van der Waals surface area contributed by atoms with Crippen molar-refractivity contribution in [1.29, 1.82) is 0 Å². The summed E-state index contributed by atoms with van der Waals surface area (Å²) >= 11 is 0. The second-order valence-corrected chi connectivity index (χ2v) is 6.25. The molecule has 0 fully saturated rings. The molecular weight excluding hydrogens is 338 g/mol. The average Bonchev–Trinajstić information content (AvgIpc) is 3.02. The minimum Gasteiger partial charge on any atom is -0.295 e. The molecule has 130 valence electrons. The number of aldehydes is 1. The highest BCUT2D eigenvalue weighted by molar-refractivity contribution is 6.27. The summed E-state index contributed by atoms with van der Waals surface area (Å²) in [6, 6.07) is 10.7. The molecule has 3 aromatic rings. The molecular formula is C20H14F2N2O2.